The van der Waals surface area contributed by atoms with E-state index < -0.39 is 0 Å². The van der Waals surface area contributed by atoms with E-state index in [1.165, 1.54) is 10.9 Å². The Hall–Kier alpha value is -1.78. The quantitative estimate of drug-likeness (QED) is 0.785. The van der Waals surface area contributed by atoms with Crippen LogP contribution < -0.4 is 5.32 Å². The van der Waals surface area contributed by atoms with Gasteiger partial charge in [0.25, 0.3) is 0 Å². The predicted octanol–water partition coefficient (Wildman–Crippen LogP) is 4.01. The Morgan fingerprint density at radius 1 is 1.25 bits per heavy atom. The SMILES string of the molecule is CNCc1cc2ccccc2nc1Sc1ccoc1C. The van der Waals surface area contributed by atoms with Crippen molar-refractivity contribution in [2.45, 2.75) is 23.4 Å². The van der Waals surface area contributed by atoms with E-state index in [0.717, 1.165) is 27.7 Å². The summed E-state index contributed by atoms with van der Waals surface area (Å²) in [7, 11) is 1.95. The van der Waals surface area contributed by atoms with Gasteiger partial charge in [-0.1, -0.05) is 30.0 Å². The van der Waals surface area contributed by atoms with Gasteiger partial charge in [0.2, 0.25) is 0 Å². The molecule has 0 bridgehead atoms. The molecule has 0 aliphatic rings. The first-order valence-corrected chi connectivity index (χ1v) is 7.35. The molecule has 0 amide bonds. The van der Waals surface area contributed by atoms with Crippen LogP contribution in [-0.2, 0) is 6.54 Å². The zero-order valence-corrected chi connectivity index (χ0v) is 12.3. The number of aromatic nitrogens is 1. The van der Waals surface area contributed by atoms with Gasteiger partial charge in [-0.15, -0.1) is 0 Å². The van der Waals surface area contributed by atoms with E-state index in [0.29, 0.717) is 0 Å². The summed E-state index contributed by atoms with van der Waals surface area (Å²) in [5, 5.41) is 5.41. The van der Waals surface area contributed by atoms with Gasteiger partial charge in [0, 0.05) is 11.9 Å². The molecule has 1 aromatic carbocycles. The highest BCUT2D eigenvalue weighted by molar-refractivity contribution is 7.99. The molecule has 3 nitrogen and oxygen atoms in total. The number of nitrogens with one attached hydrogen (secondary N) is 1. The average molecular weight is 284 g/mol. The number of hydrogen-bond donors (Lipinski definition) is 1. The second-order valence-electron chi connectivity index (χ2n) is 4.62. The highest BCUT2D eigenvalue weighted by Gasteiger charge is 2.11. The van der Waals surface area contributed by atoms with Crippen molar-refractivity contribution in [3.05, 3.63) is 54.0 Å². The van der Waals surface area contributed by atoms with Crippen LogP contribution in [0.5, 0.6) is 0 Å². The Morgan fingerprint density at radius 2 is 2.10 bits per heavy atom. The molecule has 3 aromatic rings. The van der Waals surface area contributed by atoms with Gasteiger partial charge in [0.1, 0.15) is 10.8 Å². The average Bonchev–Trinajstić information content (AvgIpc) is 2.85. The molecule has 4 heteroatoms. The molecule has 0 saturated heterocycles. The third kappa shape index (κ3) is 2.57. The molecule has 102 valence electrons. The first kappa shape index (κ1) is 13.2. The summed E-state index contributed by atoms with van der Waals surface area (Å²) in [4.78, 5) is 5.91. The van der Waals surface area contributed by atoms with Crippen molar-refractivity contribution in [3.63, 3.8) is 0 Å². The van der Waals surface area contributed by atoms with Gasteiger partial charge in [0.15, 0.2) is 0 Å². The summed E-state index contributed by atoms with van der Waals surface area (Å²) in [5.41, 5.74) is 2.23. The van der Waals surface area contributed by atoms with E-state index in [9.17, 15) is 0 Å². The van der Waals surface area contributed by atoms with Crippen LogP contribution >= 0.6 is 11.8 Å². The van der Waals surface area contributed by atoms with Gasteiger partial charge in [-0.2, -0.15) is 0 Å². The van der Waals surface area contributed by atoms with Crippen LogP contribution in [0.2, 0.25) is 0 Å². The summed E-state index contributed by atoms with van der Waals surface area (Å²) in [5.74, 6) is 0.931. The van der Waals surface area contributed by atoms with Crippen LogP contribution in [0.25, 0.3) is 10.9 Å². The summed E-state index contributed by atoms with van der Waals surface area (Å²) in [6.07, 6.45) is 1.72. The molecule has 0 aliphatic heterocycles. The topological polar surface area (TPSA) is 38.1 Å². The zero-order chi connectivity index (χ0) is 13.9. The third-order valence-corrected chi connectivity index (χ3v) is 4.34. The van der Waals surface area contributed by atoms with Crippen LogP contribution in [-0.4, -0.2) is 12.0 Å². The number of nitrogens with zero attached hydrogens (tertiary/aromatic N) is 1. The number of para-hydroxylation sites is 1. The van der Waals surface area contributed by atoms with Crippen molar-refractivity contribution in [1.29, 1.82) is 0 Å². The molecule has 3 rings (SSSR count). The molecular weight excluding hydrogens is 268 g/mol. The first-order valence-electron chi connectivity index (χ1n) is 6.53. The van der Waals surface area contributed by atoms with Crippen molar-refractivity contribution in [1.82, 2.24) is 10.3 Å². The lowest BCUT2D eigenvalue weighted by molar-refractivity contribution is 0.527. The minimum atomic E-state index is 0.803. The van der Waals surface area contributed by atoms with E-state index in [1.54, 1.807) is 18.0 Å². The number of aryl methyl sites for hydroxylation is 1. The molecule has 1 N–H and O–H groups in total. The van der Waals surface area contributed by atoms with E-state index in [1.807, 2.05) is 38.2 Å². The van der Waals surface area contributed by atoms with Gasteiger partial charge >= 0.3 is 0 Å². The zero-order valence-electron chi connectivity index (χ0n) is 11.5. The Labute approximate surface area is 122 Å². The normalized spacial score (nSPS) is 11.1. The molecule has 2 aromatic heterocycles. The maximum atomic E-state index is 5.36. The van der Waals surface area contributed by atoms with Crippen molar-refractivity contribution in [3.8, 4) is 0 Å². The molecule has 0 radical (unpaired) electrons. The van der Waals surface area contributed by atoms with Gasteiger partial charge < -0.3 is 9.73 Å². The van der Waals surface area contributed by atoms with Crippen molar-refractivity contribution >= 4 is 22.7 Å². The van der Waals surface area contributed by atoms with Crippen LogP contribution in [0.3, 0.4) is 0 Å². The lowest BCUT2D eigenvalue weighted by atomic mass is 10.1. The maximum absolute atomic E-state index is 5.36. The largest absolute Gasteiger partial charge is 0.468 e. The molecule has 20 heavy (non-hydrogen) atoms. The number of pyridine rings is 1. The van der Waals surface area contributed by atoms with Crippen molar-refractivity contribution in [2.24, 2.45) is 0 Å². The van der Waals surface area contributed by atoms with E-state index in [2.05, 4.69) is 17.4 Å². The molecule has 2 heterocycles. The molecule has 0 aliphatic carbocycles. The number of hydrogen-bond acceptors (Lipinski definition) is 4. The lowest BCUT2D eigenvalue weighted by Crippen LogP contribution is -2.07. The summed E-state index contributed by atoms with van der Waals surface area (Å²) >= 11 is 1.66. The Bertz CT molecular complexity index is 736. The van der Waals surface area contributed by atoms with Gasteiger partial charge in [-0.05, 0) is 37.7 Å². The fraction of sp³-hybridized carbons (Fsp3) is 0.188. The predicted molar refractivity (Wildman–Crippen MR) is 82.1 cm³/mol. The monoisotopic (exact) mass is 284 g/mol. The maximum Gasteiger partial charge on any atom is 0.114 e. The molecular formula is C16H16N2OS. The first-order chi connectivity index (χ1) is 9.78. The van der Waals surface area contributed by atoms with Crippen LogP contribution in [0.15, 0.2) is 57.0 Å². The fourth-order valence-corrected chi connectivity index (χ4v) is 3.06. The summed E-state index contributed by atoms with van der Waals surface area (Å²) in [6.45, 7) is 2.78. The van der Waals surface area contributed by atoms with Crippen molar-refractivity contribution in [2.75, 3.05) is 7.05 Å². The molecule has 0 unspecified atom stereocenters. The number of rotatable bonds is 4. The standard InChI is InChI=1S/C16H16N2OS/c1-11-15(7-8-19-11)20-16-13(10-17-2)9-12-5-3-4-6-14(12)18-16/h3-9,17H,10H2,1-2H3. The molecule has 0 fully saturated rings. The fourth-order valence-electron chi connectivity index (χ4n) is 2.13. The Kier molecular flexibility index (Phi) is 3.76. The van der Waals surface area contributed by atoms with Gasteiger partial charge in [-0.25, -0.2) is 4.98 Å². The molecule has 0 saturated carbocycles. The Balaban J connectivity index is 2.07. The number of benzene rings is 1. The summed E-state index contributed by atoms with van der Waals surface area (Å²) in [6, 6.07) is 12.4. The van der Waals surface area contributed by atoms with E-state index in [-0.39, 0.29) is 0 Å². The van der Waals surface area contributed by atoms with Gasteiger partial charge in [-0.3, -0.25) is 0 Å². The lowest BCUT2D eigenvalue weighted by Gasteiger charge is -2.09. The van der Waals surface area contributed by atoms with Gasteiger partial charge in [0.05, 0.1) is 16.7 Å². The summed E-state index contributed by atoms with van der Waals surface area (Å²) < 4.78 is 5.36. The highest BCUT2D eigenvalue weighted by Crippen LogP contribution is 2.33. The van der Waals surface area contributed by atoms with E-state index >= 15 is 0 Å². The van der Waals surface area contributed by atoms with Crippen molar-refractivity contribution < 1.29 is 4.42 Å². The smallest absolute Gasteiger partial charge is 0.114 e. The van der Waals surface area contributed by atoms with Crippen LogP contribution in [0.1, 0.15) is 11.3 Å². The molecule has 0 spiro atoms. The van der Waals surface area contributed by atoms with E-state index in [4.69, 9.17) is 9.40 Å². The van der Waals surface area contributed by atoms with Crippen LogP contribution in [0.4, 0.5) is 0 Å². The van der Waals surface area contributed by atoms with Crippen LogP contribution in [0, 0.1) is 6.92 Å². The number of fused-ring (bicyclic) bond motifs is 1. The third-order valence-electron chi connectivity index (χ3n) is 3.15. The second-order valence-corrected chi connectivity index (χ2v) is 5.65. The minimum absolute atomic E-state index is 0.803. The second kappa shape index (κ2) is 5.69. The Morgan fingerprint density at radius 3 is 2.85 bits per heavy atom. The molecule has 0 atom stereocenters. The minimum Gasteiger partial charge on any atom is -0.468 e. The number of furan rings is 1. The highest BCUT2D eigenvalue weighted by atomic mass is 32.2.